The van der Waals surface area contributed by atoms with Gasteiger partial charge >= 0.3 is 5.97 Å². The number of ether oxygens (including phenoxy) is 2. The van der Waals surface area contributed by atoms with Crippen molar-refractivity contribution in [2.45, 2.75) is 39.7 Å². The van der Waals surface area contributed by atoms with Crippen LogP contribution in [0.3, 0.4) is 0 Å². The number of nitrogen functional groups attached to an aromatic ring is 1. The average Bonchev–Trinajstić information content (AvgIpc) is 2.29. The Kier molecular flexibility index (Phi) is 5.49. The van der Waals surface area contributed by atoms with Gasteiger partial charge in [0.05, 0.1) is 12.7 Å². The maximum Gasteiger partial charge on any atom is 0.344 e. The molecular formula is C14H21NO3. The molecule has 1 rings (SSSR count). The number of rotatable bonds is 6. The molecule has 0 saturated carbocycles. The van der Waals surface area contributed by atoms with Gasteiger partial charge in [-0.1, -0.05) is 19.4 Å². The predicted molar refractivity (Wildman–Crippen MR) is 71.8 cm³/mol. The normalized spacial score (nSPS) is 11.9. The molecule has 0 aromatic heterocycles. The highest BCUT2D eigenvalue weighted by Crippen LogP contribution is 2.26. The minimum atomic E-state index is -0.419. The molecule has 0 aliphatic carbocycles. The van der Waals surface area contributed by atoms with Crippen LogP contribution in [0.5, 0.6) is 5.75 Å². The fraction of sp³-hybridized carbons (Fsp3) is 0.500. The summed E-state index contributed by atoms with van der Waals surface area (Å²) in [6.07, 6.45) is 1.69. The summed E-state index contributed by atoms with van der Waals surface area (Å²) in [6.45, 7) is 6.26. The van der Waals surface area contributed by atoms with Crippen LogP contribution in [0.2, 0.25) is 0 Å². The third-order valence-corrected chi connectivity index (χ3v) is 2.57. The first kappa shape index (κ1) is 14.4. The van der Waals surface area contributed by atoms with Crippen molar-refractivity contribution in [3.63, 3.8) is 0 Å². The van der Waals surface area contributed by atoms with Gasteiger partial charge in [-0.05, 0) is 32.4 Å². The molecule has 0 saturated heterocycles. The number of benzene rings is 1. The molecule has 1 aromatic carbocycles. The van der Waals surface area contributed by atoms with Crippen molar-refractivity contribution in [3.8, 4) is 5.75 Å². The molecule has 0 aliphatic rings. The molecule has 2 N–H and O–H groups in total. The summed E-state index contributed by atoms with van der Waals surface area (Å²) in [7, 11) is 0. The van der Waals surface area contributed by atoms with E-state index in [4.69, 9.17) is 15.2 Å². The topological polar surface area (TPSA) is 61.5 Å². The minimum Gasteiger partial charge on any atom is -0.493 e. The van der Waals surface area contributed by atoms with Crippen LogP contribution in [0.1, 0.15) is 44.0 Å². The zero-order valence-corrected chi connectivity index (χ0v) is 11.2. The lowest BCUT2D eigenvalue weighted by Gasteiger charge is -2.15. The predicted octanol–water partition coefficient (Wildman–Crippen LogP) is 3.01. The Bertz CT molecular complexity index is 404. The molecule has 18 heavy (non-hydrogen) atoms. The molecule has 4 nitrogen and oxygen atoms in total. The summed E-state index contributed by atoms with van der Waals surface area (Å²) in [5.41, 5.74) is 6.53. The first-order valence-corrected chi connectivity index (χ1v) is 6.32. The SMILES string of the molecule is CCCC(C)OC(=O)c1c(N)cccc1OCC. The fourth-order valence-electron chi connectivity index (χ4n) is 1.75. The summed E-state index contributed by atoms with van der Waals surface area (Å²) in [5, 5.41) is 0. The Morgan fingerprint density at radius 3 is 2.72 bits per heavy atom. The van der Waals surface area contributed by atoms with E-state index in [1.807, 2.05) is 20.8 Å². The van der Waals surface area contributed by atoms with Gasteiger partial charge in [0.25, 0.3) is 0 Å². The summed E-state index contributed by atoms with van der Waals surface area (Å²) >= 11 is 0. The van der Waals surface area contributed by atoms with E-state index < -0.39 is 5.97 Å². The molecule has 0 fully saturated rings. The highest BCUT2D eigenvalue weighted by molar-refractivity contribution is 5.98. The van der Waals surface area contributed by atoms with Crippen molar-refractivity contribution in [1.29, 1.82) is 0 Å². The highest BCUT2D eigenvalue weighted by Gasteiger charge is 2.19. The average molecular weight is 251 g/mol. The van der Waals surface area contributed by atoms with Crippen LogP contribution in [0, 0.1) is 0 Å². The third kappa shape index (κ3) is 3.65. The molecule has 0 bridgehead atoms. The number of hydrogen-bond acceptors (Lipinski definition) is 4. The Hall–Kier alpha value is -1.71. The van der Waals surface area contributed by atoms with Crippen LogP contribution in [-0.2, 0) is 4.74 Å². The molecule has 0 heterocycles. The summed E-state index contributed by atoms with van der Waals surface area (Å²) < 4.78 is 10.7. The van der Waals surface area contributed by atoms with Crippen LogP contribution >= 0.6 is 0 Å². The van der Waals surface area contributed by atoms with Crippen LogP contribution in [0.25, 0.3) is 0 Å². The molecule has 0 aliphatic heterocycles. The standard InChI is InChI=1S/C14H21NO3/c1-4-7-10(3)18-14(16)13-11(15)8-6-9-12(13)17-5-2/h6,8-10H,4-5,7,15H2,1-3H3. The lowest BCUT2D eigenvalue weighted by molar-refractivity contribution is 0.0320. The second kappa shape index (κ2) is 6.89. The van der Waals surface area contributed by atoms with Gasteiger partial charge in [0.2, 0.25) is 0 Å². The maximum absolute atomic E-state index is 12.1. The number of hydrogen-bond donors (Lipinski definition) is 1. The van der Waals surface area contributed by atoms with Gasteiger partial charge in [-0.25, -0.2) is 4.79 Å². The monoisotopic (exact) mass is 251 g/mol. The Balaban J connectivity index is 2.90. The van der Waals surface area contributed by atoms with Gasteiger partial charge in [-0.3, -0.25) is 0 Å². The van der Waals surface area contributed by atoms with Gasteiger partial charge in [-0.15, -0.1) is 0 Å². The van der Waals surface area contributed by atoms with Gasteiger partial charge in [0.1, 0.15) is 11.3 Å². The van der Waals surface area contributed by atoms with E-state index in [2.05, 4.69) is 0 Å². The zero-order valence-electron chi connectivity index (χ0n) is 11.2. The molecule has 100 valence electrons. The van der Waals surface area contributed by atoms with Gasteiger partial charge in [0.15, 0.2) is 0 Å². The number of esters is 1. The number of nitrogens with two attached hydrogens (primary N) is 1. The van der Waals surface area contributed by atoms with Crippen molar-refractivity contribution in [2.24, 2.45) is 0 Å². The first-order valence-electron chi connectivity index (χ1n) is 6.32. The summed E-state index contributed by atoms with van der Waals surface area (Å²) in [5.74, 6) is 0.0590. The minimum absolute atomic E-state index is 0.114. The van der Waals surface area contributed by atoms with E-state index in [1.165, 1.54) is 0 Å². The van der Waals surface area contributed by atoms with E-state index in [0.717, 1.165) is 12.8 Å². The second-order valence-electron chi connectivity index (χ2n) is 4.16. The van der Waals surface area contributed by atoms with Crippen molar-refractivity contribution in [2.75, 3.05) is 12.3 Å². The number of anilines is 1. The number of carbonyl (C=O) groups is 1. The van der Waals surface area contributed by atoms with Crippen LogP contribution in [0.15, 0.2) is 18.2 Å². The number of carbonyl (C=O) groups excluding carboxylic acids is 1. The van der Waals surface area contributed by atoms with E-state index in [0.29, 0.717) is 23.6 Å². The van der Waals surface area contributed by atoms with E-state index in [-0.39, 0.29) is 6.10 Å². The largest absolute Gasteiger partial charge is 0.493 e. The molecule has 0 radical (unpaired) electrons. The zero-order chi connectivity index (χ0) is 13.5. The van der Waals surface area contributed by atoms with Crippen LogP contribution in [0.4, 0.5) is 5.69 Å². The Labute approximate surface area is 108 Å². The molecule has 0 amide bonds. The molecule has 4 heteroatoms. The van der Waals surface area contributed by atoms with Crippen molar-refractivity contribution in [1.82, 2.24) is 0 Å². The van der Waals surface area contributed by atoms with E-state index >= 15 is 0 Å². The quantitative estimate of drug-likeness (QED) is 0.623. The van der Waals surface area contributed by atoms with Gasteiger partial charge in [-0.2, -0.15) is 0 Å². The second-order valence-corrected chi connectivity index (χ2v) is 4.16. The molecule has 1 unspecified atom stereocenters. The third-order valence-electron chi connectivity index (χ3n) is 2.57. The highest BCUT2D eigenvalue weighted by atomic mass is 16.5. The molecule has 1 atom stereocenters. The molecule has 0 spiro atoms. The fourth-order valence-corrected chi connectivity index (χ4v) is 1.75. The Morgan fingerprint density at radius 1 is 1.39 bits per heavy atom. The van der Waals surface area contributed by atoms with Crippen molar-refractivity contribution < 1.29 is 14.3 Å². The van der Waals surface area contributed by atoms with Crippen LogP contribution in [-0.4, -0.2) is 18.7 Å². The first-order chi connectivity index (χ1) is 8.60. The van der Waals surface area contributed by atoms with E-state index in [1.54, 1.807) is 18.2 Å². The molecule has 1 aromatic rings. The van der Waals surface area contributed by atoms with Gasteiger partial charge in [0, 0.05) is 5.69 Å². The van der Waals surface area contributed by atoms with E-state index in [9.17, 15) is 4.79 Å². The van der Waals surface area contributed by atoms with Crippen molar-refractivity contribution >= 4 is 11.7 Å². The molecular weight excluding hydrogens is 230 g/mol. The lowest BCUT2D eigenvalue weighted by Crippen LogP contribution is -2.17. The van der Waals surface area contributed by atoms with Crippen molar-refractivity contribution in [3.05, 3.63) is 23.8 Å². The summed E-state index contributed by atoms with van der Waals surface area (Å²) in [4.78, 5) is 12.1. The maximum atomic E-state index is 12.1. The van der Waals surface area contributed by atoms with Crippen LogP contribution < -0.4 is 10.5 Å². The van der Waals surface area contributed by atoms with Gasteiger partial charge < -0.3 is 15.2 Å². The summed E-state index contributed by atoms with van der Waals surface area (Å²) in [6, 6.07) is 5.15. The lowest BCUT2D eigenvalue weighted by atomic mass is 10.1. The smallest absolute Gasteiger partial charge is 0.344 e. The Morgan fingerprint density at radius 2 is 2.11 bits per heavy atom.